The highest BCUT2D eigenvalue weighted by Crippen LogP contribution is 2.23. The van der Waals surface area contributed by atoms with E-state index >= 15 is 0 Å². The highest BCUT2D eigenvalue weighted by atomic mass is 16.6. The highest BCUT2D eigenvalue weighted by Gasteiger charge is 2.17. The molecule has 9 heteroatoms. The van der Waals surface area contributed by atoms with Gasteiger partial charge in [0.25, 0.3) is 5.69 Å². The number of hydrogen-bond acceptors (Lipinski definition) is 6. The van der Waals surface area contributed by atoms with Crippen molar-refractivity contribution < 1.29 is 14.6 Å². The summed E-state index contributed by atoms with van der Waals surface area (Å²) in [5.74, 6) is 0.516. The molecule has 0 N–H and O–H groups in total. The molecule has 0 aliphatic rings. The van der Waals surface area contributed by atoms with E-state index in [-0.39, 0.29) is 18.1 Å². The van der Waals surface area contributed by atoms with Gasteiger partial charge in [0, 0.05) is 6.07 Å². The van der Waals surface area contributed by atoms with Crippen LogP contribution in [0.5, 0.6) is 5.75 Å². The van der Waals surface area contributed by atoms with Gasteiger partial charge < -0.3 is 14.9 Å². The highest BCUT2D eigenvalue weighted by molar-refractivity contribution is 5.42. The second-order valence-electron chi connectivity index (χ2n) is 4.40. The maximum absolute atomic E-state index is 10.8. The maximum atomic E-state index is 10.8. The van der Waals surface area contributed by atoms with E-state index < -0.39 is 9.85 Å². The quantitative estimate of drug-likeness (QED) is 0.616. The largest absolute Gasteiger partial charge is 0.483 e. The third-order valence-electron chi connectivity index (χ3n) is 2.86. The molecule has 110 valence electrons. The van der Waals surface area contributed by atoms with E-state index in [1.807, 2.05) is 0 Å². The minimum absolute atomic E-state index is 0.0229. The summed E-state index contributed by atoms with van der Waals surface area (Å²) in [5.41, 5.74) is 0.612. The number of non-ortho nitro benzene ring substituents is 1. The molecule has 2 aromatic rings. The number of nitrogens with zero attached hydrogens (tertiary/aromatic N) is 4. The van der Waals surface area contributed by atoms with Gasteiger partial charge in [-0.25, -0.2) is 9.55 Å². The molecule has 0 aliphatic heterocycles. The van der Waals surface area contributed by atoms with Gasteiger partial charge in [0.05, 0.1) is 18.0 Å². The summed E-state index contributed by atoms with van der Waals surface area (Å²) in [5, 5.41) is 21.5. The molecule has 0 atom stereocenters. The third-order valence-corrected chi connectivity index (χ3v) is 2.86. The van der Waals surface area contributed by atoms with Crippen molar-refractivity contribution in [1.29, 1.82) is 0 Å². The molecule has 1 aromatic carbocycles. The molecule has 2 rings (SSSR count). The smallest absolute Gasteiger partial charge is 0.342 e. The van der Waals surface area contributed by atoms with E-state index in [2.05, 4.69) is 4.98 Å². The Morgan fingerprint density at radius 3 is 2.52 bits per heavy atom. The van der Waals surface area contributed by atoms with Gasteiger partial charge in [-0.3, -0.25) is 10.1 Å². The van der Waals surface area contributed by atoms with E-state index in [1.165, 1.54) is 23.7 Å². The summed E-state index contributed by atoms with van der Waals surface area (Å²) >= 11 is 0. The molecule has 1 heterocycles. The van der Waals surface area contributed by atoms with Crippen LogP contribution >= 0.6 is 0 Å². The Balaban J connectivity index is 2.17. The van der Waals surface area contributed by atoms with Crippen molar-refractivity contribution in [3.05, 3.63) is 56.0 Å². The molecule has 0 amide bonds. The van der Waals surface area contributed by atoms with Gasteiger partial charge >= 0.3 is 5.82 Å². The Labute approximate surface area is 119 Å². The molecule has 0 fully saturated rings. The molecule has 9 nitrogen and oxygen atoms in total. The van der Waals surface area contributed by atoms with Crippen LogP contribution < -0.4 is 4.74 Å². The summed E-state index contributed by atoms with van der Waals surface area (Å²) in [7, 11) is 1.50. The van der Waals surface area contributed by atoms with Gasteiger partial charge in [-0.1, -0.05) is 0 Å². The Morgan fingerprint density at radius 1 is 1.24 bits per heavy atom. The van der Waals surface area contributed by atoms with E-state index in [9.17, 15) is 20.2 Å². The second-order valence-corrected chi connectivity index (χ2v) is 4.40. The van der Waals surface area contributed by atoms with Crippen molar-refractivity contribution in [2.45, 2.75) is 13.5 Å². The first-order valence-electron chi connectivity index (χ1n) is 5.92. The number of aryl methyl sites for hydroxylation is 1. The first-order chi connectivity index (χ1) is 9.88. The number of aromatic nitrogens is 2. The summed E-state index contributed by atoms with van der Waals surface area (Å²) in [6.45, 7) is 1.69. The van der Waals surface area contributed by atoms with Gasteiger partial charge in [0.1, 0.15) is 11.9 Å². The fourth-order valence-electron chi connectivity index (χ4n) is 1.81. The van der Waals surface area contributed by atoms with E-state index in [1.54, 1.807) is 13.0 Å². The second kappa shape index (κ2) is 5.57. The van der Waals surface area contributed by atoms with Crippen molar-refractivity contribution in [3.8, 4) is 5.75 Å². The fourth-order valence-corrected chi connectivity index (χ4v) is 1.81. The van der Waals surface area contributed by atoms with Crippen LogP contribution in [0.3, 0.4) is 0 Å². The number of ether oxygens (including phenoxy) is 1. The number of imidazole rings is 1. The Bertz CT molecular complexity index is 710. The summed E-state index contributed by atoms with van der Waals surface area (Å²) in [6.07, 6.45) is 1.14. The van der Waals surface area contributed by atoms with E-state index in [0.29, 0.717) is 17.1 Å². The minimum Gasteiger partial charge on any atom is -0.483 e. The van der Waals surface area contributed by atoms with Crippen molar-refractivity contribution >= 4 is 11.5 Å². The third kappa shape index (κ3) is 3.14. The lowest BCUT2D eigenvalue weighted by Gasteiger charge is -2.05. The first-order valence-corrected chi connectivity index (χ1v) is 5.92. The summed E-state index contributed by atoms with van der Waals surface area (Å²) < 4.78 is 6.72. The van der Waals surface area contributed by atoms with Crippen molar-refractivity contribution in [2.24, 2.45) is 7.05 Å². The Morgan fingerprint density at radius 2 is 1.95 bits per heavy atom. The van der Waals surface area contributed by atoms with Crippen LogP contribution in [0.4, 0.5) is 11.5 Å². The number of nitro groups is 2. The molecule has 1 aromatic heterocycles. The van der Waals surface area contributed by atoms with Crippen LogP contribution in [0, 0.1) is 27.2 Å². The number of hydrogen-bond donors (Lipinski definition) is 0. The van der Waals surface area contributed by atoms with Crippen molar-refractivity contribution in [3.63, 3.8) is 0 Å². The van der Waals surface area contributed by atoms with Crippen LogP contribution in [0.1, 0.15) is 11.4 Å². The molecule has 0 saturated carbocycles. The summed E-state index contributed by atoms with van der Waals surface area (Å²) in [4.78, 5) is 24.3. The number of rotatable bonds is 5. The minimum atomic E-state index is -0.548. The maximum Gasteiger partial charge on any atom is 0.342 e. The molecule has 0 unspecified atom stereocenters. The van der Waals surface area contributed by atoms with E-state index in [4.69, 9.17) is 4.74 Å². The van der Waals surface area contributed by atoms with Crippen molar-refractivity contribution in [1.82, 2.24) is 9.55 Å². The topological polar surface area (TPSA) is 113 Å². The average molecular weight is 292 g/mol. The zero-order chi connectivity index (χ0) is 15.6. The normalized spacial score (nSPS) is 10.4. The standard InChI is InChI=1S/C12H12N4O5/c1-8-3-9(15(17)18)5-10(4-8)21-7-11-13-6-12(14(11)2)16(19)20/h3-6H,7H2,1-2H3. The molecule has 0 saturated heterocycles. The summed E-state index contributed by atoms with van der Waals surface area (Å²) in [6, 6.07) is 4.37. The molecule has 0 aliphatic carbocycles. The molecule has 21 heavy (non-hydrogen) atoms. The SMILES string of the molecule is Cc1cc(OCc2ncc([N+](=O)[O-])n2C)cc([N+](=O)[O-])c1. The number of nitro benzene ring substituents is 1. The average Bonchev–Trinajstić information content (AvgIpc) is 2.77. The van der Waals surface area contributed by atoms with Gasteiger partial charge in [-0.05, 0) is 23.5 Å². The van der Waals surface area contributed by atoms with Crippen LogP contribution in [-0.4, -0.2) is 19.4 Å². The van der Waals surface area contributed by atoms with Gasteiger partial charge in [-0.15, -0.1) is 0 Å². The molecular weight excluding hydrogens is 280 g/mol. The van der Waals surface area contributed by atoms with Gasteiger partial charge in [0.15, 0.2) is 6.61 Å². The molecule has 0 spiro atoms. The molecule has 0 radical (unpaired) electrons. The number of benzene rings is 1. The van der Waals surface area contributed by atoms with Crippen LogP contribution in [0.25, 0.3) is 0 Å². The van der Waals surface area contributed by atoms with Crippen LogP contribution in [0.2, 0.25) is 0 Å². The lowest BCUT2D eigenvalue weighted by Crippen LogP contribution is -2.06. The first kappa shape index (κ1) is 14.4. The van der Waals surface area contributed by atoms with Gasteiger partial charge in [0.2, 0.25) is 5.82 Å². The Kier molecular flexibility index (Phi) is 3.83. The van der Waals surface area contributed by atoms with Gasteiger partial charge in [-0.2, -0.15) is 0 Å². The molecule has 0 bridgehead atoms. The Hall–Kier alpha value is -2.97. The zero-order valence-electron chi connectivity index (χ0n) is 11.3. The van der Waals surface area contributed by atoms with Crippen molar-refractivity contribution in [2.75, 3.05) is 0 Å². The lowest BCUT2D eigenvalue weighted by molar-refractivity contribution is -0.391. The van der Waals surface area contributed by atoms with E-state index in [0.717, 1.165) is 6.20 Å². The lowest BCUT2D eigenvalue weighted by atomic mass is 10.2. The fraction of sp³-hybridized carbons (Fsp3) is 0.250. The monoisotopic (exact) mass is 292 g/mol. The predicted octanol–water partition coefficient (Wildman–Crippen LogP) is 2.12. The van der Waals surface area contributed by atoms with Crippen LogP contribution in [0.15, 0.2) is 24.4 Å². The van der Waals surface area contributed by atoms with Crippen LogP contribution in [-0.2, 0) is 13.7 Å². The predicted molar refractivity (Wildman–Crippen MR) is 72.0 cm³/mol. The molecular formula is C12H12N4O5. The zero-order valence-corrected chi connectivity index (χ0v) is 11.3.